The second kappa shape index (κ2) is 8.84. The minimum atomic E-state index is -3.66. The van der Waals surface area contributed by atoms with E-state index in [4.69, 9.17) is 16.3 Å². The van der Waals surface area contributed by atoms with E-state index < -0.39 is 15.9 Å². The maximum atomic E-state index is 12.1. The second-order valence-electron chi connectivity index (χ2n) is 5.19. The average Bonchev–Trinajstić information content (AvgIpc) is 2.55. The molecule has 0 atom stereocenters. The van der Waals surface area contributed by atoms with Crippen LogP contribution in [0.1, 0.15) is 12.5 Å². The first kappa shape index (κ1) is 19.2. The van der Waals surface area contributed by atoms with Gasteiger partial charge in [-0.05, 0) is 36.8 Å². The SMILES string of the molecule is CCOc1ccccc1NC(=O)CNS(=O)(=O)Cc1cccc(Cl)c1. The summed E-state index contributed by atoms with van der Waals surface area (Å²) in [5, 5.41) is 3.09. The number of nitrogens with one attached hydrogen (secondary N) is 2. The van der Waals surface area contributed by atoms with Crippen LogP contribution in [-0.2, 0) is 20.6 Å². The van der Waals surface area contributed by atoms with Gasteiger partial charge in [0.15, 0.2) is 0 Å². The normalized spacial score (nSPS) is 11.1. The summed E-state index contributed by atoms with van der Waals surface area (Å²) in [5.41, 5.74) is 1.03. The molecule has 25 heavy (non-hydrogen) atoms. The van der Waals surface area contributed by atoms with Gasteiger partial charge < -0.3 is 10.1 Å². The van der Waals surface area contributed by atoms with Crippen molar-refractivity contribution >= 4 is 33.2 Å². The van der Waals surface area contributed by atoms with Gasteiger partial charge in [0.1, 0.15) is 5.75 Å². The number of amides is 1. The molecule has 0 aliphatic carbocycles. The van der Waals surface area contributed by atoms with E-state index in [2.05, 4.69) is 10.0 Å². The molecular formula is C17H19ClN2O4S. The Labute approximate surface area is 152 Å². The highest BCUT2D eigenvalue weighted by Gasteiger charge is 2.14. The molecule has 2 aromatic carbocycles. The van der Waals surface area contributed by atoms with Crippen molar-refractivity contribution < 1.29 is 17.9 Å². The first-order chi connectivity index (χ1) is 11.9. The van der Waals surface area contributed by atoms with E-state index in [9.17, 15) is 13.2 Å². The molecule has 2 rings (SSSR count). The van der Waals surface area contributed by atoms with Gasteiger partial charge in [0, 0.05) is 5.02 Å². The highest BCUT2D eigenvalue weighted by Crippen LogP contribution is 2.23. The molecular weight excluding hydrogens is 364 g/mol. The molecule has 2 N–H and O–H groups in total. The summed E-state index contributed by atoms with van der Waals surface area (Å²) < 4.78 is 31.8. The summed E-state index contributed by atoms with van der Waals surface area (Å²) in [6.07, 6.45) is 0. The largest absolute Gasteiger partial charge is 0.492 e. The van der Waals surface area contributed by atoms with E-state index in [1.165, 1.54) is 0 Å². The molecule has 0 saturated heterocycles. The zero-order valence-electron chi connectivity index (χ0n) is 13.7. The van der Waals surface area contributed by atoms with Crippen LogP contribution in [0.4, 0.5) is 5.69 Å². The molecule has 0 heterocycles. The zero-order chi connectivity index (χ0) is 18.3. The van der Waals surface area contributed by atoms with Crippen LogP contribution in [0.2, 0.25) is 5.02 Å². The van der Waals surface area contributed by atoms with E-state index in [1.54, 1.807) is 48.5 Å². The first-order valence-corrected chi connectivity index (χ1v) is 9.66. The third-order valence-corrected chi connectivity index (χ3v) is 4.69. The molecule has 0 unspecified atom stereocenters. The van der Waals surface area contributed by atoms with Crippen molar-refractivity contribution in [1.82, 2.24) is 4.72 Å². The number of carbonyl (C=O) groups excluding carboxylic acids is 1. The monoisotopic (exact) mass is 382 g/mol. The van der Waals surface area contributed by atoms with Crippen LogP contribution in [0, 0.1) is 0 Å². The number of hydrogen-bond donors (Lipinski definition) is 2. The number of para-hydroxylation sites is 2. The molecule has 0 fully saturated rings. The molecule has 0 bridgehead atoms. The number of benzene rings is 2. The number of anilines is 1. The predicted octanol–water partition coefficient (Wildman–Crippen LogP) is 2.80. The molecule has 1 amide bonds. The second-order valence-corrected chi connectivity index (χ2v) is 7.43. The summed E-state index contributed by atoms with van der Waals surface area (Å²) in [6.45, 7) is 1.92. The van der Waals surface area contributed by atoms with Crippen molar-refractivity contribution in [2.75, 3.05) is 18.5 Å². The van der Waals surface area contributed by atoms with Crippen molar-refractivity contribution in [1.29, 1.82) is 0 Å². The van der Waals surface area contributed by atoms with Gasteiger partial charge in [-0.15, -0.1) is 0 Å². The van der Waals surface area contributed by atoms with Gasteiger partial charge in [-0.25, -0.2) is 13.1 Å². The van der Waals surface area contributed by atoms with E-state index >= 15 is 0 Å². The van der Waals surface area contributed by atoms with E-state index in [-0.39, 0.29) is 12.3 Å². The van der Waals surface area contributed by atoms with Gasteiger partial charge in [-0.1, -0.05) is 35.9 Å². The predicted molar refractivity (Wildman–Crippen MR) is 98.3 cm³/mol. The fourth-order valence-corrected chi connectivity index (χ4v) is 3.40. The van der Waals surface area contributed by atoms with Gasteiger partial charge in [-0.3, -0.25) is 4.79 Å². The van der Waals surface area contributed by atoms with E-state index in [0.29, 0.717) is 28.6 Å². The lowest BCUT2D eigenvalue weighted by Crippen LogP contribution is -2.33. The maximum absolute atomic E-state index is 12.1. The molecule has 0 saturated carbocycles. The van der Waals surface area contributed by atoms with Gasteiger partial charge in [-0.2, -0.15) is 0 Å². The summed E-state index contributed by atoms with van der Waals surface area (Å²) >= 11 is 5.84. The van der Waals surface area contributed by atoms with Gasteiger partial charge in [0.25, 0.3) is 0 Å². The number of ether oxygens (including phenoxy) is 1. The lowest BCUT2D eigenvalue weighted by Gasteiger charge is -2.12. The Kier molecular flexibility index (Phi) is 6.81. The molecule has 0 aromatic heterocycles. The van der Waals surface area contributed by atoms with Crippen LogP contribution in [0.5, 0.6) is 5.75 Å². The number of hydrogen-bond acceptors (Lipinski definition) is 4. The Balaban J connectivity index is 1.93. The Morgan fingerprint density at radius 2 is 1.92 bits per heavy atom. The topological polar surface area (TPSA) is 84.5 Å². The summed E-state index contributed by atoms with van der Waals surface area (Å²) in [7, 11) is -3.66. The highest BCUT2D eigenvalue weighted by atomic mass is 35.5. The number of carbonyl (C=O) groups is 1. The Bertz CT molecular complexity index is 840. The van der Waals surface area contributed by atoms with Crippen LogP contribution in [-0.4, -0.2) is 27.5 Å². The van der Waals surface area contributed by atoms with E-state index in [0.717, 1.165) is 0 Å². The zero-order valence-corrected chi connectivity index (χ0v) is 15.2. The van der Waals surface area contributed by atoms with Crippen LogP contribution in [0.3, 0.4) is 0 Å². The average molecular weight is 383 g/mol. The smallest absolute Gasteiger partial charge is 0.239 e. The van der Waals surface area contributed by atoms with Crippen LogP contribution in [0.15, 0.2) is 48.5 Å². The fraction of sp³-hybridized carbons (Fsp3) is 0.235. The quantitative estimate of drug-likeness (QED) is 0.735. The van der Waals surface area contributed by atoms with Crippen LogP contribution >= 0.6 is 11.6 Å². The summed E-state index contributed by atoms with van der Waals surface area (Å²) in [5.74, 6) is -0.210. The highest BCUT2D eigenvalue weighted by molar-refractivity contribution is 7.88. The van der Waals surface area contributed by atoms with Crippen LogP contribution < -0.4 is 14.8 Å². The number of sulfonamides is 1. The van der Waals surface area contributed by atoms with Gasteiger partial charge in [0.05, 0.1) is 24.6 Å². The standard InChI is InChI=1S/C17H19ClN2O4S/c1-2-24-16-9-4-3-8-15(16)20-17(21)11-19-25(22,23)12-13-6-5-7-14(18)10-13/h3-10,19H,2,11-12H2,1H3,(H,20,21). The molecule has 0 spiro atoms. The maximum Gasteiger partial charge on any atom is 0.239 e. The fourth-order valence-electron chi connectivity index (χ4n) is 2.12. The van der Waals surface area contributed by atoms with Crippen molar-refractivity contribution in [3.8, 4) is 5.75 Å². The van der Waals surface area contributed by atoms with Crippen molar-refractivity contribution in [3.63, 3.8) is 0 Å². The minimum absolute atomic E-state index is 0.254. The van der Waals surface area contributed by atoms with Crippen molar-refractivity contribution in [2.24, 2.45) is 0 Å². The number of halogens is 1. The Morgan fingerprint density at radius 1 is 1.16 bits per heavy atom. The van der Waals surface area contributed by atoms with Crippen molar-refractivity contribution in [3.05, 3.63) is 59.1 Å². The minimum Gasteiger partial charge on any atom is -0.492 e. The Morgan fingerprint density at radius 3 is 2.64 bits per heavy atom. The van der Waals surface area contributed by atoms with Crippen molar-refractivity contribution in [2.45, 2.75) is 12.7 Å². The molecule has 0 radical (unpaired) electrons. The summed E-state index contributed by atoms with van der Waals surface area (Å²) in [4.78, 5) is 12.0. The summed E-state index contributed by atoms with van der Waals surface area (Å²) in [6, 6.07) is 13.5. The van der Waals surface area contributed by atoms with Gasteiger partial charge in [0.2, 0.25) is 15.9 Å². The molecule has 8 heteroatoms. The molecule has 0 aliphatic rings. The van der Waals surface area contributed by atoms with E-state index in [1.807, 2.05) is 6.92 Å². The third kappa shape index (κ3) is 6.38. The van der Waals surface area contributed by atoms with Gasteiger partial charge >= 0.3 is 0 Å². The third-order valence-electron chi connectivity index (χ3n) is 3.16. The molecule has 2 aromatic rings. The first-order valence-electron chi connectivity index (χ1n) is 7.63. The number of rotatable bonds is 8. The molecule has 0 aliphatic heterocycles. The van der Waals surface area contributed by atoms with Crippen LogP contribution in [0.25, 0.3) is 0 Å². The molecule has 134 valence electrons. The Hall–Kier alpha value is -2.09. The lowest BCUT2D eigenvalue weighted by atomic mass is 10.2. The molecule has 6 nitrogen and oxygen atoms in total. The lowest BCUT2D eigenvalue weighted by molar-refractivity contribution is -0.115.